The first kappa shape index (κ1) is 19.5. The van der Waals surface area contributed by atoms with Crippen LogP contribution in [0.25, 0.3) is 31.5 Å². The molecule has 1 aliphatic heterocycles. The standard InChI is InChI=1S/C21H14FN5O2S2/c1-10-9-14(28)27(21(10)29)26-17-15-11(2)16(12-3-5-13(22)6-4-12)31-19(15)25-18(24-17)20-23-7-8-30-20/h3-9H,1-2H3,(H,24,25,26). The molecule has 0 aliphatic carbocycles. The van der Waals surface area contributed by atoms with Crippen molar-refractivity contribution in [2.75, 3.05) is 5.43 Å². The molecule has 0 spiro atoms. The number of fused-ring (bicyclic) bond motifs is 1. The average Bonchev–Trinajstić information content (AvgIpc) is 3.45. The van der Waals surface area contributed by atoms with E-state index in [0.29, 0.717) is 32.4 Å². The lowest BCUT2D eigenvalue weighted by Crippen LogP contribution is -2.36. The van der Waals surface area contributed by atoms with Crippen molar-refractivity contribution in [3.63, 3.8) is 0 Å². The molecule has 1 aliphatic rings. The van der Waals surface area contributed by atoms with Gasteiger partial charge in [-0.1, -0.05) is 12.1 Å². The molecule has 3 aromatic heterocycles. The van der Waals surface area contributed by atoms with Gasteiger partial charge in [-0.3, -0.25) is 15.0 Å². The number of aryl methyl sites for hydroxylation is 1. The van der Waals surface area contributed by atoms with E-state index in [9.17, 15) is 14.0 Å². The minimum Gasteiger partial charge on any atom is -0.271 e. The van der Waals surface area contributed by atoms with Gasteiger partial charge in [0.15, 0.2) is 16.6 Å². The minimum atomic E-state index is -0.461. The highest BCUT2D eigenvalue weighted by Gasteiger charge is 2.30. The van der Waals surface area contributed by atoms with Crippen molar-refractivity contribution in [2.24, 2.45) is 0 Å². The molecule has 0 unspecified atom stereocenters. The van der Waals surface area contributed by atoms with E-state index in [1.165, 1.54) is 40.9 Å². The third kappa shape index (κ3) is 3.29. The van der Waals surface area contributed by atoms with Crippen LogP contribution in [0.4, 0.5) is 10.2 Å². The molecule has 0 bridgehead atoms. The van der Waals surface area contributed by atoms with Gasteiger partial charge in [-0.2, -0.15) is 5.01 Å². The first-order valence-electron chi connectivity index (χ1n) is 9.22. The van der Waals surface area contributed by atoms with E-state index in [2.05, 4.69) is 20.4 Å². The Kier molecular flexibility index (Phi) is 4.60. The van der Waals surface area contributed by atoms with Gasteiger partial charge in [-0.25, -0.2) is 19.3 Å². The zero-order valence-electron chi connectivity index (χ0n) is 16.3. The van der Waals surface area contributed by atoms with Gasteiger partial charge in [0.25, 0.3) is 11.8 Å². The third-order valence-electron chi connectivity index (χ3n) is 4.84. The Morgan fingerprint density at radius 3 is 2.52 bits per heavy atom. The van der Waals surface area contributed by atoms with Crippen molar-refractivity contribution >= 4 is 50.5 Å². The molecule has 0 saturated heterocycles. The topological polar surface area (TPSA) is 88.1 Å². The van der Waals surface area contributed by atoms with Gasteiger partial charge in [0.2, 0.25) is 0 Å². The maximum atomic E-state index is 13.4. The number of hydrogen-bond acceptors (Lipinski definition) is 8. The van der Waals surface area contributed by atoms with E-state index in [-0.39, 0.29) is 5.82 Å². The van der Waals surface area contributed by atoms with Crippen LogP contribution in [0.5, 0.6) is 0 Å². The fourth-order valence-corrected chi connectivity index (χ4v) is 5.08. The quantitative estimate of drug-likeness (QED) is 0.457. The summed E-state index contributed by atoms with van der Waals surface area (Å²) in [7, 11) is 0. The number of thiophene rings is 1. The van der Waals surface area contributed by atoms with Crippen molar-refractivity contribution < 1.29 is 14.0 Å². The molecule has 0 saturated carbocycles. The number of carbonyl (C=O) groups excluding carboxylic acids is 2. The summed E-state index contributed by atoms with van der Waals surface area (Å²) in [4.78, 5) is 39.8. The van der Waals surface area contributed by atoms with Gasteiger partial charge in [0.05, 0.1) is 5.39 Å². The minimum absolute atomic E-state index is 0.315. The summed E-state index contributed by atoms with van der Waals surface area (Å²) in [5.74, 6) is -0.483. The highest BCUT2D eigenvalue weighted by atomic mass is 32.1. The number of thiazole rings is 1. The first-order chi connectivity index (χ1) is 14.9. The number of hydrogen-bond donors (Lipinski definition) is 1. The molecule has 1 N–H and O–H groups in total. The number of halogens is 1. The van der Waals surface area contributed by atoms with E-state index < -0.39 is 11.8 Å². The lowest BCUT2D eigenvalue weighted by atomic mass is 10.1. The van der Waals surface area contributed by atoms with E-state index in [1.807, 2.05) is 12.3 Å². The Bertz CT molecular complexity index is 1380. The van der Waals surface area contributed by atoms with Crippen molar-refractivity contribution in [3.8, 4) is 21.3 Å². The molecule has 4 heterocycles. The number of rotatable bonds is 4. The SMILES string of the molecule is CC1=CC(=O)N(Nc2nc(-c3nccs3)nc3sc(-c4ccc(F)cc4)c(C)c23)C1=O. The summed E-state index contributed by atoms with van der Waals surface area (Å²) in [6.45, 7) is 3.49. The van der Waals surface area contributed by atoms with E-state index in [1.54, 1.807) is 25.3 Å². The van der Waals surface area contributed by atoms with Gasteiger partial charge in [-0.15, -0.1) is 22.7 Å². The number of carbonyl (C=O) groups is 2. The van der Waals surface area contributed by atoms with Gasteiger partial charge in [-0.05, 0) is 37.1 Å². The Labute approximate surface area is 183 Å². The molecule has 31 heavy (non-hydrogen) atoms. The summed E-state index contributed by atoms with van der Waals surface area (Å²) < 4.78 is 13.4. The summed E-state index contributed by atoms with van der Waals surface area (Å²) in [6.07, 6.45) is 2.94. The second-order valence-corrected chi connectivity index (χ2v) is 8.79. The fourth-order valence-electron chi connectivity index (χ4n) is 3.33. The molecular formula is C21H14FN5O2S2. The van der Waals surface area contributed by atoms with Crippen molar-refractivity contribution in [3.05, 3.63) is 58.9 Å². The highest BCUT2D eigenvalue weighted by molar-refractivity contribution is 7.22. The lowest BCUT2D eigenvalue weighted by Gasteiger charge is -2.17. The van der Waals surface area contributed by atoms with Crippen LogP contribution in [-0.4, -0.2) is 31.8 Å². The smallest absolute Gasteiger partial charge is 0.271 e. The highest BCUT2D eigenvalue weighted by Crippen LogP contribution is 2.41. The molecular weight excluding hydrogens is 437 g/mol. The second kappa shape index (κ2) is 7.33. The van der Waals surface area contributed by atoms with E-state index >= 15 is 0 Å². The number of nitrogens with one attached hydrogen (secondary N) is 1. The largest absolute Gasteiger partial charge is 0.275 e. The number of aromatic nitrogens is 3. The van der Waals surface area contributed by atoms with Crippen molar-refractivity contribution in [1.29, 1.82) is 0 Å². The average molecular weight is 452 g/mol. The van der Waals surface area contributed by atoms with E-state index in [0.717, 1.165) is 21.0 Å². The predicted octanol–water partition coefficient (Wildman–Crippen LogP) is 4.57. The number of nitrogens with zero attached hydrogens (tertiary/aromatic N) is 4. The molecule has 10 heteroatoms. The zero-order valence-corrected chi connectivity index (χ0v) is 18.0. The van der Waals surface area contributed by atoms with Crippen LogP contribution in [0.3, 0.4) is 0 Å². The van der Waals surface area contributed by atoms with Gasteiger partial charge in [0.1, 0.15) is 10.6 Å². The molecule has 2 amide bonds. The van der Waals surface area contributed by atoms with Crippen LogP contribution in [-0.2, 0) is 9.59 Å². The molecule has 7 nitrogen and oxygen atoms in total. The van der Waals surface area contributed by atoms with Gasteiger partial charge in [0, 0.05) is 28.1 Å². The molecule has 0 atom stereocenters. The summed E-state index contributed by atoms with van der Waals surface area (Å²) >= 11 is 2.82. The number of anilines is 1. The summed E-state index contributed by atoms with van der Waals surface area (Å²) in [5.41, 5.74) is 4.94. The number of imide groups is 1. The Balaban J connectivity index is 1.69. The van der Waals surface area contributed by atoms with Crippen LogP contribution in [0.15, 0.2) is 47.5 Å². The summed E-state index contributed by atoms with van der Waals surface area (Å²) in [5, 5.41) is 4.07. The molecule has 4 aromatic rings. The molecule has 154 valence electrons. The number of hydrazine groups is 1. The number of amides is 2. The Hall–Kier alpha value is -3.50. The van der Waals surface area contributed by atoms with Crippen LogP contribution in [0, 0.1) is 12.7 Å². The van der Waals surface area contributed by atoms with Gasteiger partial charge >= 0.3 is 0 Å². The van der Waals surface area contributed by atoms with Crippen LogP contribution in [0.2, 0.25) is 0 Å². The third-order valence-corrected chi connectivity index (χ3v) is 6.84. The Morgan fingerprint density at radius 2 is 1.87 bits per heavy atom. The van der Waals surface area contributed by atoms with E-state index in [4.69, 9.17) is 0 Å². The second-order valence-electron chi connectivity index (χ2n) is 6.89. The predicted molar refractivity (Wildman–Crippen MR) is 118 cm³/mol. The fraction of sp³-hybridized carbons (Fsp3) is 0.0952. The van der Waals surface area contributed by atoms with Crippen LogP contribution in [0.1, 0.15) is 12.5 Å². The molecule has 0 fully saturated rings. The molecule has 0 radical (unpaired) electrons. The van der Waals surface area contributed by atoms with Crippen LogP contribution < -0.4 is 5.43 Å². The maximum Gasteiger partial charge on any atom is 0.275 e. The van der Waals surface area contributed by atoms with Crippen LogP contribution >= 0.6 is 22.7 Å². The molecule has 1 aromatic carbocycles. The van der Waals surface area contributed by atoms with Gasteiger partial charge < -0.3 is 0 Å². The monoisotopic (exact) mass is 451 g/mol. The van der Waals surface area contributed by atoms with Crippen molar-refractivity contribution in [1.82, 2.24) is 20.0 Å². The maximum absolute atomic E-state index is 13.4. The van der Waals surface area contributed by atoms with Crippen molar-refractivity contribution in [2.45, 2.75) is 13.8 Å². The first-order valence-corrected chi connectivity index (χ1v) is 10.9. The number of benzene rings is 1. The lowest BCUT2D eigenvalue weighted by molar-refractivity contribution is -0.135. The molecule has 5 rings (SSSR count). The summed E-state index contributed by atoms with van der Waals surface area (Å²) in [6, 6.07) is 6.22. The normalized spacial score (nSPS) is 13.9. The zero-order chi connectivity index (χ0) is 21.7. The Morgan fingerprint density at radius 1 is 1.10 bits per heavy atom.